The van der Waals surface area contributed by atoms with Gasteiger partial charge in [-0.25, -0.2) is 4.79 Å². The molecule has 0 fully saturated rings. The summed E-state index contributed by atoms with van der Waals surface area (Å²) >= 11 is 0. The van der Waals surface area contributed by atoms with E-state index in [0.717, 1.165) is 30.5 Å². The van der Waals surface area contributed by atoms with Crippen LogP contribution in [0, 0.1) is 0 Å². The quantitative estimate of drug-likeness (QED) is 0.680. The van der Waals surface area contributed by atoms with Gasteiger partial charge in [-0.15, -0.1) is 0 Å². The highest BCUT2D eigenvalue weighted by Crippen LogP contribution is 2.22. The van der Waals surface area contributed by atoms with Crippen molar-refractivity contribution in [1.82, 2.24) is 10.3 Å². The molecule has 1 aromatic heterocycles. The molecule has 0 aliphatic heterocycles. The van der Waals surface area contributed by atoms with Crippen molar-refractivity contribution in [3.8, 4) is 0 Å². The zero-order valence-corrected chi connectivity index (χ0v) is 12.9. The zero-order chi connectivity index (χ0) is 15.8. The average molecular weight is 291 g/mol. The summed E-state index contributed by atoms with van der Waals surface area (Å²) in [4.78, 5) is 14.0. The molecule has 0 spiro atoms. The monoisotopic (exact) mass is 291 g/mol. The van der Waals surface area contributed by atoms with Crippen molar-refractivity contribution in [1.29, 1.82) is 0 Å². The first-order valence-electron chi connectivity index (χ1n) is 7.29. The van der Waals surface area contributed by atoms with Crippen LogP contribution in [0.1, 0.15) is 36.7 Å². The normalized spacial score (nSPS) is 11.8. The molecule has 5 heteroatoms. The zero-order valence-electron chi connectivity index (χ0n) is 12.9. The Balaban J connectivity index is 0.000000383. The third kappa shape index (κ3) is 4.88. The first-order valence-corrected chi connectivity index (χ1v) is 7.29. The minimum Gasteiger partial charge on any atom is -0.478 e. The summed E-state index contributed by atoms with van der Waals surface area (Å²) in [6, 6.07) is 5.32. The van der Waals surface area contributed by atoms with Crippen LogP contribution in [0.3, 0.4) is 0 Å². The molecule has 0 aliphatic carbocycles. The lowest BCUT2D eigenvalue weighted by Crippen LogP contribution is -2.17. The first kappa shape index (κ1) is 17.2. The minimum atomic E-state index is -0.917. The topological polar surface area (TPSA) is 91.1 Å². The Morgan fingerprint density at radius 1 is 1.38 bits per heavy atom. The molecule has 0 saturated carbocycles. The second-order valence-corrected chi connectivity index (χ2v) is 4.99. The summed E-state index contributed by atoms with van der Waals surface area (Å²) in [7, 11) is 0. The Bertz CT molecular complexity index is 574. The maximum Gasteiger partial charge on any atom is 0.337 e. The van der Waals surface area contributed by atoms with Crippen LogP contribution in [0.2, 0.25) is 0 Å². The highest BCUT2D eigenvalue weighted by molar-refractivity contribution is 6.02. The highest BCUT2D eigenvalue weighted by Gasteiger charge is 2.12. The number of benzene rings is 1. The number of carboxylic acid groups (broad SMARTS) is 1. The van der Waals surface area contributed by atoms with Gasteiger partial charge in [-0.1, -0.05) is 26.0 Å². The highest BCUT2D eigenvalue weighted by atomic mass is 16.4. The summed E-state index contributed by atoms with van der Waals surface area (Å²) < 4.78 is 0. The molecule has 116 valence electrons. The van der Waals surface area contributed by atoms with Gasteiger partial charge in [0.25, 0.3) is 0 Å². The summed E-state index contributed by atoms with van der Waals surface area (Å²) in [5.41, 5.74) is 7.78. The van der Waals surface area contributed by atoms with Crippen LogP contribution in [0.15, 0.2) is 24.4 Å². The predicted octanol–water partition coefficient (Wildman–Crippen LogP) is 2.37. The molecule has 2 rings (SSSR count). The van der Waals surface area contributed by atoms with E-state index < -0.39 is 5.97 Å². The number of aromatic amines is 1. The third-order valence-electron chi connectivity index (χ3n) is 3.07. The lowest BCUT2D eigenvalue weighted by molar-refractivity contribution is 0.0699. The smallest absolute Gasteiger partial charge is 0.337 e. The van der Waals surface area contributed by atoms with Crippen LogP contribution in [0.4, 0.5) is 0 Å². The number of aromatic carboxylic acids is 1. The number of carboxylic acids is 1. The second kappa shape index (κ2) is 8.44. The molecule has 0 saturated heterocycles. The predicted molar refractivity (Wildman–Crippen MR) is 86.8 cm³/mol. The number of hydrogen-bond acceptors (Lipinski definition) is 3. The van der Waals surface area contributed by atoms with Gasteiger partial charge in [-0.05, 0) is 38.1 Å². The first-order chi connectivity index (χ1) is 10.0. The van der Waals surface area contributed by atoms with E-state index >= 15 is 0 Å². The fourth-order valence-corrected chi connectivity index (χ4v) is 2.16. The number of rotatable bonds is 5. The number of nitrogens with one attached hydrogen (secondary N) is 2. The number of fused-ring (bicyclic) bond motifs is 1. The molecule has 21 heavy (non-hydrogen) atoms. The molecular weight excluding hydrogens is 266 g/mol. The molecule has 0 radical (unpaired) electrons. The SMILES string of the molecule is CC(N)Cc1c[nH]c2c(C(=O)O)cccc12.CCNCC. The van der Waals surface area contributed by atoms with Gasteiger partial charge < -0.3 is 21.1 Å². The molecular formula is C16H25N3O2. The molecule has 5 N–H and O–H groups in total. The summed E-state index contributed by atoms with van der Waals surface area (Å²) in [6.45, 7) is 8.32. The van der Waals surface area contributed by atoms with Crippen LogP contribution in [0.25, 0.3) is 10.9 Å². The Labute approximate surface area is 125 Å². The van der Waals surface area contributed by atoms with Gasteiger partial charge in [0.15, 0.2) is 0 Å². The average Bonchev–Trinajstić information content (AvgIpc) is 2.83. The van der Waals surface area contributed by atoms with Crippen LogP contribution in [0.5, 0.6) is 0 Å². The Kier molecular flexibility index (Phi) is 6.91. The Morgan fingerprint density at radius 2 is 2.05 bits per heavy atom. The van der Waals surface area contributed by atoms with Gasteiger partial charge in [-0.2, -0.15) is 0 Å². The molecule has 2 aromatic rings. The van der Waals surface area contributed by atoms with E-state index in [1.165, 1.54) is 0 Å². The van der Waals surface area contributed by atoms with Crippen molar-refractivity contribution < 1.29 is 9.90 Å². The lowest BCUT2D eigenvalue weighted by Gasteiger charge is -2.03. The van der Waals surface area contributed by atoms with E-state index in [0.29, 0.717) is 11.1 Å². The van der Waals surface area contributed by atoms with Gasteiger partial charge >= 0.3 is 5.97 Å². The number of hydrogen-bond donors (Lipinski definition) is 4. The maximum atomic E-state index is 11.0. The van der Waals surface area contributed by atoms with Crippen LogP contribution >= 0.6 is 0 Å². The third-order valence-corrected chi connectivity index (χ3v) is 3.07. The molecule has 5 nitrogen and oxygen atoms in total. The van der Waals surface area contributed by atoms with Gasteiger partial charge in [0.2, 0.25) is 0 Å². The van der Waals surface area contributed by atoms with Gasteiger partial charge in [0.05, 0.1) is 11.1 Å². The van der Waals surface area contributed by atoms with Crippen molar-refractivity contribution >= 4 is 16.9 Å². The minimum absolute atomic E-state index is 0.0625. The molecule has 0 bridgehead atoms. The van der Waals surface area contributed by atoms with Crippen molar-refractivity contribution in [2.75, 3.05) is 13.1 Å². The van der Waals surface area contributed by atoms with Crippen LogP contribution in [-0.2, 0) is 6.42 Å². The number of H-pyrrole nitrogens is 1. The van der Waals surface area contributed by atoms with E-state index in [-0.39, 0.29) is 6.04 Å². The summed E-state index contributed by atoms with van der Waals surface area (Å²) in [6.07, 6.45) is 2.57. The van der Waals surface area contributed by atoms with Crippen LogP contribution in [-0.4, -0.2) is 35.2 Å². The fourth-order valence-electron chi connectivity index (χ4n) is 2.16. The van der Waals surface area contributed by atoms with Crippen molar-refractivity contribution in [3.63, 3.8) is 0 Å². The number of carbonyl (C=O) groups is 1. The largest absolute Gasteiger partial charge is 0.478 e. The maximum absolute atomic E-state index is 11.0. The second-order valence-electron chi connectivity index (χ2n) is 4.99. The van der Waals surface area contributed by atoms with Gasteiger partial charge in [0.1, 0.15) is 0 Å². The molecule has 0 aliphatic rings. The molecule has 1 unspecified atom stereocenters. The molecule has 0 amide bonds. The van der Waals surface area contributed by atoms with E-state index in [1.807, 2.05) is 19.2 Å². The van der Waals surface area contributed by atoms with Crippen molar-refractivity contribution in [2.24, 2.45) is 5.73 Å². The molecule has 1 aromatic carbocycles. The number of nitrogens with two attached hydrogens (primary N) is 1. The van der Waals surface area contributed by atoms with E-state index in [2.05, 4.69) is 24.1 Å². The lowest BCUT2D eigenvalue weighted by atomic mass is 10.0. The summed E-state index contributed by atoms with van der Waals surface area (Å²) in [5, 5.41) is 13.1. The molecule has 1 heterocycles. The van der Waals surface area contributed by atoms with E-state index in [9.17, 15) is 4.79 Å². The van der Waals surface area contributed by atoms with E-state index in [4.69, 9.17) is 10.8 Å². The van der Waals surface area contributed by atoms with Crippen molar-refractivity contribution in [3.05, 3.63) is 35.5 Å². The Hall–Kier alpha value is -1.85. The number of para-hydroxylation sites is 1. The number of aromatic nitrogens is 1. The standard InChI is InChI=1S/C12H14N2O2.C4H11N/c1-7(13)5-8-6-14-11-9(8)3-2-4-10(11)12(15)16;1-3-5-4-2/h2-4,6-7,14H,5,13H2,1H3,(H,15,16);5H,3-4H2,1-2H3. The molecule has 1 atom stereocenters. The Morgan fingerprint density at radius 3 is 2.52 bits per heavy atom. The van der Waals surface area contributed by atoms with E-state index in [1.54, 1.807) is 12.1 Å². The van der Waals surface area contributed by atoms with Crippen molar-refractivity contribution in [2.45, 2.75) is 33.2 Å². The fraction of sp³-hybridized carbons (Fsp3) is 0.438. The van der Waals surface area contributed by atoms with Crippen LogP contribution < -0.4 is 11.1 Å². The summed E-state index contributed by atoms with van der Waals surface area (Å²) in [5.74, 6) is -0.917. The van der Waals surface area contributed by atoms with Gasteiger partial charge in [-0.3, -0.25) is 0 Å². The van der Waals surface area contributed by atoms with Gasteiger partial charge in [0, 0.05) is 17.6 Å².